The van der Waals surface area contributed by atoms with Crippen molar-refractivity contribution in [2.45, 2.75) is 53.0 Å². The van der Waals surface area contributed by atoms with Crippen LogP contribution in [-0.2, 0) is 17.8 Å². The molecule has 7 nitrogen and oxygen atoms in total. The Labute approximate surface area is 168 Å². The van der Waals surface area contributed by atoms with Crippen molar-refractivity contribution < 1.29 is 4.79 Å². The highest BCUT2D eigenvalue weighted by Crippen LogP contribution is 2.17. The molecule has 3 rings (SSSR count). The molecule has 3 aromatic rings. The molecule has 2 heterocycles. The van der Waals surface area contributed by atoms with E-state index in [-0.39, 0.29) is 17.2 Å². The number of anilines is 1. The van der Waals surface area contributed by atoms with Crippen molar-refractivity contribution in [2.75, 3.05) is 4.90 Å². The Hall–Kier alpha value is -2.67. The zero-order valence-corrected chi connectivity index (χ0v) is 17.1. The smallest absolute Gasteiger partial charge is 0.277 e. The lowest BCUT2D eigenvalue weighted by Gasteiger charge is -2.19. The first-order chi connectivity index (χ1) is 13.4. The molecule has 1 aromatic carbocycles. The monoisotopic (exact) mass is 401 g/mol. The first-order valence-corrected chi connectivity index (χ1v) is 9.85. The van der Waals surface area contributed by atoms with E-state index in [4.69, 9.17) is 11.6 Å². The van der Waals surface area contributed by atoms with Crippen molar-refractivity contribution in [3.05, 3.63) is 56.5 Å². The molecule has 0 saturated carbocycles. The Morgan fingerprint density at radius 1 is 1.21 bits per heavy atom. The van der Waals surface area contributed by atoms with Gasteiger partial charge < -0.3 is 0 Å². The number of aryl methyl sites for hydroxylation is 1. The maximum atomic E-state index is 12.9. The lowest BCUT2D eigenvalue weighted by Crippen LogP contribution is -2.31. The molecule has 0 aliphatic rings. The average molecular weight is 402 g/mol. The summed E-state index contributed by atoms with van der Waals surface area (Å²) >= 11 is 5.95. The molecule has 0 spiro atoms. The van der Waals surface area contributed by atoms with E-state index in [0.29, 0.717) is 41.6 Å². The van der Waals surface area contributed by atoms with Gasteiger partial charge in [-0.25, -0.2) is 4.98 Å². The molecule has 0 radical (unpaired) electrons. The van der Waals surface area contributed by atoms with Crippen LogP contribution < -0.4 is 10.5 Å². The van der Waals surface area contributed by atoms with Gasteiger partial charge >= 0.3 is 0 Å². The van der Waals surface area contributed by atoms with E-state index < -0.39 is 0 Å². The SMILES string of the molecule is CCCCc1c(C)nc2nc(N(Cc3ccc(Cl)cc3)C(=O)CC)[nH]n2c1=O. The molecular weight excluding hydrogens is 378 g/mol. The second kappa shape index (κ2) is 8.56. The Morgan fingerprint density at radius 2 is 1.93 bits per heavy atom. The van der Waals surface area contributed by atoms with Gasteiger partial charge in [0.15, 0.2) is 0 Å². The number of amides is 1. The molecule has 0 saturated heterocycles. The second-order valence-electron chi connectivity index (χ2n) is 6.73. The van der Waals surface area contributed by atoms with Crippen LogP contribution in [0.25, 0.3) is 5.78 Å². The van der Waals surface area contributed by atoms with Crippen LogP contribution in [0.4, 0.5) is 5.95 Å². The molecular formula is C20H24ClN5O2. The van der Waals surface area contributed by atoms with Crippen LogP contribution in [0, 0.1) is 6.92 Å². The van der Waals surface area contributed by atoms with Crippen LogP contribution in [0.1, 0.15) is 49.9 Å². The van der Waals surface area contributed by atoms with Crippen LogP contribution in [0.3, 0.4) is 0 Å². The normalized spacial score (nSPS) is 11.1. The number of benzene rings is 1. The fraction of sp³-hybridized carbons (Fsp3) is 0.400. The number of aromatic amines is 1. The molecule has 0 atom stereocenters. The van der Waals surface area contributed by atoms with E-state index in [0.717, 1.165) is 18.4 Å². The molecule has 0 unspecified atom stereocenters. The summed E-state index contributed by atoms with van der Waals surface area (Å²) in [6.07, 6.45) is 2.90. The van der Waals surface area contributed by atoms with E-state index in [1.165, 1.54) is 9.42 Å². The van der Waals surface area contributed by atoms with Gasteiger partial charge in [0, 0.05) is 17.0 Å². The number of unbranched alkanes of at least 4 members (excludes halogenated alkanes) is 1. The Balaban J connectivity index is 2.02. The summed E-state index contributed by atoms with van der Waals surface area (Å²) in [5.41, 5.74) is 2.11. The number of fused-ring (bicyclic) bond motifs is 1. The first kappa shape index (κ1) is 20.1. The number of carbonyl (C=O) groups excluding carboxylic acids is 1. The molecule has 148 valence electrons. The lowest BCUT2D eigenvalue weighted by atomic mass is 10.1. The van der Waals surface area contributed by atoms with Crippen molar-refractivity contribution in [1.82, 2.24) is 19.6 Å². The average Bonchev–Trinajstić information content (AvgIpc) is 3.10. The zero-order chi connectivity index (χ0) is 20.3. The number of rotatable bonds is 7. The third kappa shape index (κ3) is 4.09. The number of nitrogens with one attached hydrogen (secondary N) is 1. The van der Waals surface area contributed by atoms with Crippen molar-refractivity contribution in [3.8, 4) is 0 Å². The number of nitrogens with zero attached hydrogens (tertiary/aromatic N) is 4. The third-order valence-corrected chi connectivity index (χ3v) is 4.93. The minimum atomic E-state index is -0.162. The number of hydrogen-bond donors (Lipinski definition) is 1. The summed E-state index contributed by atoms with van der Waals surface area (Å²) < 4.78 is 1.32. The molecule has 1 amide bonds. The fourth-order valence-electron chi connectivity index (χ4n) is 3.05. The number of H-pyrrole nitrogens is 1. The van der Waals surface area contributed by atoms with Gasteiger partial charge in [-0.3, -0.25) is 19.6 Å². The Bertz CT molecular complexity index is 1040. The number of hydrogen-bond acceptors (Lipinski definition) is 4. The molecule has 8 heteroatoms. The van der Waals surface area contributed by atoms with Crippen LogP contribution in [0.2, 0.25) is 5.02 Å². The van der Waals surface area contributed by atoms with Gasteiger partial charge in [-0.15, -0.1) is 0 Å². The quantitative estimate of drug-likeness (QED) is 0.654. The van der Waals surface area contributed by atoms with Crippen LogP contribution in [0.15, 0.2) is 29.1 Å². The highest BCUT2D eigenvalue weighted by molar-refractivity contribution is 6.30. The van der Waals surface area contributed by atoms with Crippen LogP contribution >= 0.6 is 11.6 Å². The van der Waals surface area contributed by atoms with Crippen molar-refractivity contribution >= 4 is 29.2 Å². The summed E-state index contributed by atoms with van der Waals surface area (Å²) in [4.78, 5) is 35.8. The van der Waals surface area contributed by atoms with Gasteiger partial charge in [0.05, 0.1) is 12.2 Å². The third-order valence-electron chi connectivity index (χ3n) is 4.68. The van der Waals surface area contributed by atoms with Gasteiger partial charge in [-0.05, 0) is 37.5 Å². The molecule has 2 aromatic heterocycles. The van der Waals surface area contributed by atoms with Gasteiger partial charge in [-0.2, -0.15) is 9.50 Å². The van der Waals surface area contributed by atoms with Gasteiger partial charge in [-0.1, -0.05) is 44.0 Å². The van der Waals surface area contributed by atoms with Crippen LogP contribution in [-0.4, -0.2) is 25.5 Å². The molecule has 28 heavy (non-hydrogen) atoms. The largest absolute Gasteiger partial charge is 0.277 e. The molecule has 0 aliphatic heterocycles. The highest BCUT2D eigenvalue weighted by Gasteiger charge is 2.21. The molecule has 1 N–H and O–H groups in total. The summed E-state index contributed by atoms with van der Waals surface area (Å²) in [5.74, 6) is 0.464. The summed E-state index contributed by atoms with van der Waals surface area (Å²) in [5, 5.41) is 3.60. The minimum absolute atomic E-state index is 0.106. The maximum absolute atomic E-state index is 12.9. The summed E-state index contributed by atoms with van der Waals surface area (Å²) in [6, 6.07) is 7.27. The van der Waals surface area contributed by atoms with Gasteiger partial charge in [0.1, 0.15) is 0 Å². The number of aromatic nitrogens is 4. The van der Waals surface area contributed by atoms with Crippen molar-refractivity contribution in [2.24, 2.45) is 0 Å². The van der Waals surface area contributed by atoms with Crippen molar-refractivity contribution in [3.63, 3.8) is 0 Å². The summed E-state index contributed by atoms with van der Waals surface area (Å²) in [6.45, 7) is 6.01. The minimum Gasteiger partial charge on any atom is -0.277 e. The van der Waals surface area contributed by atoms with Gasteiger partial charge in [0.2, 0.25) is 11.9 Å². The fourth-order valence-corrected chi connectivity index (χ4v) is 3.18. The standard InChI is InChI=1S/C20H24ClN5O2/c1-4-6-7-16-13(3)22-19-23-20(24-26(19)18(16)28)25(17(27)5-2)12-14-8-10-15(21)11-9-14/h8-11H,4-7,12H2,1-3H3,(H,22,23,24). The molecule has 0 bridgehead atoms. The maximum Gasteiger partial charge on any atom is 0.277 e. The first-order valence-electron chi connectivity index (χ1n) is 9.47. The van der Waals surface area contributed by atoms with E-state index in [9.17, 15) is 9.59 Å². The van der Waals surface area contributed by atoms with Gasteiger partial charge in [0.25, 0.3) is 11.3 Å². The highest BCUT2D eigenvalue weighted by atomic mass is 35.5. The Morgan fingerprint density at radius 3 is 2.57 bits per heavy atom. The molecule has 0 aliphatic carbocycles. The van der Waals surface area contributed by atoms with Crippen molar-refractivity contribution in [1.29, 1.82) is 0 Å². The predicted molar refractivity (Wildman–Crippen MR) is 110 cm³/mol. The van der Waals surface area contributed by atoms with E-state index >= 15 is 0 Å². The number of carbonyl (C=O) groups is 1. The summed E-state index contributed by atoms with van der Waals surface area (Å²) in [7, 11) is 0. The van der Waals surface area contributed by atoms with E-state index in [2.05, 4.69) is 22.0 Å². The van der Waals surface area contributed by atoms with E-state index in [1.807, 2.05) is 19.1 Å². The predicted octanol–water partition coefficient (Wildman–Crippen LogP) is 3.67. The topological polar surface area (TPSA) is 83.4 Å². The number of halogens is 1. The van der Waals surface area contributed by atoms with E-state index in [1.54, 1.807) is 19.1 Å². The lowest BCUT2D eigenvalue weighted by molar-refractivity contribution is -0.118. The zero-order valence-electron chi connectivity index (χ0n) is 16.3. The second-order valence-corrected chi connectivity index (χ2v) is 7.16. The Kier molecular flexibility index (Phi) is 6.14. The van der Waals surface area contributed by atoms with Crippen LogP contribution in [0.5, 0.6) is 0 Å². The molecule has 0 fully saturated rings.